The van der Waals surface area contributed by atoms with Crippen molar-refractivity contribution in [1.29, 1.82) is 5.26 Å². The number of carbonyl (C=O) groups is 2. The Bertz CT molecular complexity index is 962. The number of nitrogens with zero attached hydrogens (tertiary/aromatic N) is 2. The highest BCUT2D eigenvalue weighted by Crippen LogP contribution is 2.19. The second kappa shape index (κ2) is 8.77. The third kappa shape index (κ3) is 4.90. The number of nitriles is 1. The minimum atomic E-state index is -0.758. The van der Waals surface area contributed by atoms with Gasteiger partial charge in [0.2, 0.25) is 0 Å². The quantitative estimate of drug-likeness (QED) is 0.264. The van der Waals surface area contributed by atoms with Gasteiger partial charge in [0.25, 0.3) is 11.6 Å². The third-order valence-corrected chi connectivity index (χ3v) is 3.39. The highest BCUT2D eigenvalue weighted by Gasteiger charge is 2.16. The Morgan fingerprint density at radius 3 is 2.63 bits per heavy atom. The lowest BCUT2D eigenvalue weighted by Gasteiger charge is -2.09. The number of methoxy groups -OCH3 is 1. The largest absolute Gasteiger partial charge is 0.465 e. The first-order chi connectivity index (χ1) is 13.0. The number of rotatable bonds is 6. The summed E-state index contributed by atoms with van der Waals surface area (Å²) in [6.45, 7) is 0. The van der Waals surface area contributed by atoms with Crippen LogP contribution >= 0.6 is 0 Å². The molecule has 2 aromatic rings. The number of nitro benzene ring substituents is 1. The van der Waals surface area contributed by atoms with Crippen molar-refractivity contribution < 1.29 is 19.2 Å². The van der Waals surface area contributed by atoms with E-state index in [2.05, 4.69) is 15.4 Å². The van der Waals surface area contributed by atoms with Crippen molar-refractivity contribution in [2.75, 3.05) is 17.7 Å². The zero-order chi connectivity index (χ0) is 19.8. The van der Waals surface area contributed by atoms with E-state index in [1.807, 2.05) is 0 Å². The van der Waals surface area contributed by atoms with Crippen LogP contribution < -0.4 is 10.6 Å². The van der Waals surface area contributed by atoms with Crippen LogP contribution in [0.5, 0.6) is 0 Å². The van der Waals surface area contributed by atoms with Gasteiger partial charge in [-0.15, -0.1) is 0 Å². The molecule has 0 spiro atoms. The molecule has 0 saturated carbocycles. The number of non-ortho nitro benzene ring substituents is 1. The Morgan fingerprint density at radius 2 is 1.96 bits per heavy atom. The molecule has 2 rings (SSSR count). The van der Waals surface area contributed by atoms with Crippen LogP contribution in [0.15, 0.2) is 60.3 Å². The van der Waals surface area contributed by atoms with E-state index >= 15 is 0 Å². The molecule has 0 aliphatic heterocycles. The maximum atomic E-state index is 12.3. The molecule has 9 nitrogen and oxygen atoms in total. The molecule has 0 atom stereocenters. The van der Waals surface area contributed by atoms with E-state index in [1.165, 1.54) is 37.4 Å². The van der Waals surface area contributed by atoms with Gasteiger partial charge in [0.05, 0.1) is 23.3 Å². The minimum Gasteiger partial charge on any atom is -0.465 e. The highest BCUT2D eigenvalue weighted by atomic mass is 16.6. The standard InChI is InChI=1S/C18H14N4O5/c1-27-18(24)15-7-2-3-8-16(15)21-17(23)12(10-19)11-20-13-5-4-6-14(9-13)22(25)26/h2-9,11,20H,1H3,(H,21,23)/b12-11-. The predicted molar refractivity (Wildman–Crippen MR) is 96.8 cm³/mol. The van der Waals surface area contributed by atoms with Gasteiger partial charge in [-0.2, -0.15) is 5.26 Å². The molecular formula is C18H14N4O5. The van der Waals surface area contributed by atoms with Crippen molar-refractivity contribution in [2.24, 2.45) is 0 Å². The maximum Gasteiger partial charge on any atom is 0.339 e. The SMILES string of the molecule is COC(=O)c1ccccc1NC(=O)/C(C#N)=C\Nc1cccc([N+](=O)[O-])c1. The lowest BCUT2D eigenvalue weighted by atomic mass is 10.1. The van der Waals surface area contributed by atoms with Crippen molar-refractivity contribution in [2.45, 2.75) is 0 Å². The summed E-state index contributed by atoms with van der Waals surface area (Å²) in [7, 11) is 1.21. The van der Waals surface area contributed by atoms with Gasteiger partial charge >= 0.3 is 5.97 Å². The van der Waals surface area contributed by atoms with E-state index in [0.29, 0.717) is 5.69 Å². The number of esters is 1. The molecule has 27 heavy (non-hydrogen) atoms. The van der Waals surface area contributed by atoms with Gasteiger partial charge in [0, 0.05) is 24.0 Å². The number of benzene rings is 2. The number of amides is 1. The Balaban J connectivity index is 2.18. The molecular weight excluding hydrogens is 352 g/mol. The number of ether oxygens (including phenoxy) is 1. The topological polar surface area (TPSA) is 134 Å². The van der Waals surface area contributed by atoms with Gasteiger partial charge in [-0.3, -0.25) is 14.9 Å². The predicted octanol–water partition coefficient (Wildman–Crippen LogP) is 2.84. The minimum absolute atomic E-state index is 0.136. The maximum absolute atomic E-state index is 12.3. The normalized spacial score (nSPS) is 10.4. The summed E-state index contributed by atoms with van der Waals surface area (Å²) in [5, 5.41) is 25.1. The van der Waals surface area contributed by atoms with Crippen LogP contribution in [0.2, 0.25) is 0 Å². The van der Waals surface area contributed by atoms with Gasteiger partial charge in [0.1, 0.15) is 11.6 Å². The second-order valence-electron chi connectivity index (χ2n) is 5.11. The van der Waals surface area contributed by atoms with Crippen LogP contribution in [0, 0.1) is 21.4 Å². The first-order valence-electron chi connectivity index (χ1n) is 7.56. The number of anilines is 2. The van der Waals surface area contributed by atoms with Crippen LogP contribution in [-0.4, -0.2) is 23.9 Å². The Kier molecular flexibility index (Phi) is 6.22. The summed E-state index contributed by atoms with van der Waals surface area (Å²) in [5.74, 6) is -1.39. The van der Waals surface area contributed by atoms with E-state index in [0.717, 1.165) is 6.20 Å². The van der Waals surface area contributed by atoms with Crippen molar-refractivity contribution >= 4 is 28.9 Å². The molecule has 0 saturated heterocycles. The molecule has 1 amide bonds. The summed E-state index contributed by atoms with van der Waals surface area (Å²) in [6.07, 6.45) is 1.12. The van der Waals surface area contributed by atoms with Gasteiger partial charge in [0.15, 0.2) is 0 Å². The second-order valence-corrected chi connectivity index (χ2v) is 5.11. The van der Waals surface area contributed by atoms with E-state index < -0.39 is 16.8 Å². The molecule has 0 heterocycles. The number of hydrogen-bond donors (Lipinski definition) is 2. The molecule has 136 valence electrons. The zero-order valence-electron chi connectivity index (χ0n) is 14.1. The van der Waals surface area contributed by atoms with Crippen LogP contribution in [0.4, 0.5) is 17.1 Å². The Labute approximate surface area is 154 Å². The van der Waals surface area contributed by atoms with E-state index in [1.54, 1.807) is 24.3 Å². The van der Waals surface area contributed by atoms with Gasteiger partial charge in [-0.25, -0.2) is 4.79 Å². The van der Waals surface area contributed by atoms with Crippen LogP contribution in [0.1, 0.15) is 10.4 Å². The number of nitro groups is 1. The fraction of sp³-hybridized carbons (Fsp3) is 0.0556. The molecule has 0 aromatic heterocycles. The Hall–Kier alpha value is -4.19. The lowest BCUT2D eigenvalue weighted by Crippen LogP contribution is -2.17. The number of carbonyl (C=O) groups excluding carboxylic acids is 2. The van der Waals surface area contributed by atoms with Crippen molar-refractivity contribution in [3.63, 3.8) is 0 Å². The molecule has 0 aliphatic carbocycles. The third-order valence-electron chi connectivity index (χ3n) is 3.39. The molecule has 9 heteroatoms. The highest BCUT2D eigenvalue weighted by molar-refractivity contribution is 6.09. The molecule has 2 aromatic carbocycles. The molecule has 0 bridgehead atoms. The number of nitrogens with one attached hydrogen (secondary N) is 2. The summed E-state index contributed by atoms with van der Waals surface area (Å²) in [4.78, 5) is 34.3. The Morgan fingerprint density at radius 1 is 1.22 bits per heavy atom. The van der Waals surface area contributed by atoms with E-state index in [-0.39, 0.29) is 22.5 Å². The van der Waals surface area contributed by atoms with Gasteiger partial charge < -0.3 is 15.4 Å². The zero-order valence-corrected chi connectivity index (χ0v) is 14.1. The average Bonchev–Trinajstić information content (AvgIpc) is 2.68. The molecule has 0 unspecified atom stereocenters. The van der Waals surface area contributed by atoms with E-state index in [9.17, 15) is 25.0 Å². The first kappa shape index (κ1) is 19.1. The van der Waals surface area contributed by atoms with Crippen LogP contribution in [0.25, 0.3) is 0 Å². The smallest absolute Gasteiger partial charge is 0.339 e. The van der Waals surface area contributed by atoms with Crippen molar-refractivity contribution in [1.82, 2.24) is 0 Å². The van der Waals surface area contributed by atoms with Gasteiger partial charge in [-0.1, -0.05) is 18.2 Å². The summed E-state index contributed by atoms with van der Waals surface area (Å²) < 4.78 is 4.64. The van der Waals surface area contributed by atoms with Crippen molar-refractivity contribution in [3.05, 3.63) is 76.0 Å². The molecule has 0 radical (unpaired) electrons. The van der Waals surface area contributed by atoms with Gasteiger partial charge in [-0.05, 0) is 18.2 Å². The first-order valence-corrected chi connectivity index (χ1v) is 7.56. The van der Waals surface area contributed by atoms with Crippen LogP contribution in [-0.2, 0) is 9.53 Å². The summed E-state index contributed by atoms with van der Waals surface area (Å²) >= 11 is 0. The number of hydrogen-bond acceptors (Lipinski definition) is 7. The fourth-order valence-electron chi connectivity index (χ4n) is 2.08. The average molecular weight is 366 g/mol. The fourth-order valence-corrected chi connectivity index (χ4v) is 2.08. The van der Waals surface area contributed by atoms with Crippen LogP contribution in [0.3, 0.4) is 0 Å². The summed E-state index contributed by atoms with van der Waals surface area (Å²) in [6, 6.07) is 13.5. The lowest BCUT2D eigenvalue weighted by molar-refractivity contribution is -0.384. The summed E-state index contributed by atoms with van der Waals surface area (Å²) in [5.41, 5.74) is 0.229. The number of para-hydroxylation sites is 1. The molecule has 0 fully saturated rings. The van der Waals surface area contributed by atoms with Crippen molar-refractivity contribution in [3.8, 4) is 6.07 Å². The molecule has 0 aliphatic rings. The monoisotopic (exact) mass is 366 g/mol. The van der Waals surface area contributed by atoms with E-state index in [4.69, 9.17) is 0 Å². The molecule has 2 N–H and O–H groups in total.